The van der Waals surface area contributed by atoms with E-state index in [-0.39, 0.29) is 12.3 Å². The summed E-state index contributed by atoms with van der Waals surface area (Å²) >= 11 is 0. The molecule has 2 aliphatic carbocycles. The molecule has 5 heteroatoms. The monoisotopic (exact) mass is 263 g/mol. The molecule has 5 nitrogen and oxygen atoms in total. The lowest BCUT2D eigenvalue weighted by Crippen LogP contribution is -2.33. The van der Waals surface area contributed by atoms with Crippen molar-refractivity contribution in [1.82, 2.24) is 15.5 Å². The third-order valence-corrected chi connectivity index (χ3v) is 4.24. The zero-order valence-electron chi connectivity index (χ0n) is 11.2. The van der Waals surface area contributed by atoms with E-state index in [9.17, 15) is 4.79 Å². The summed E-state index contributed by atoms with van der Waals surface area (Å²) in [4.78, 5) is 16.1. The van der Waals surface area contributed by atoms with E-state index in [1.165, 1.54) is 32.1 Å². The number of hydrogen-bond donors (Lipinski definition) is 1. The zero-order chi connectivity index (χ0) is 13.1. The Hall–Kier alpha value is -1.39. The van der Waals surface area contributed by atoms with Crippen LogP contribution in [-0.2, 0) is 17.6 Å². The fourth-order valence-electron chi connectivity index (χ4n) is 2.88. The van der Waals surface area contributed by atoms with Crippen LogP contribution in [0, 0.1) is 5.92 Å². The average Bonchev–Trinajstić information content (AvgIpc) is 2.95. The highest BCUT2D eigenvalue weighted by Gasteiger charge is 2.22. The van der Waals surface area contributed by atoms with E-state index in [1.54, 1.807) is 0 Å². The van der Waals surface area contributed by atoms with Crippen molar-refractivity contribution >= 4 is 5.91 Å². The maximum absolute atomic E-state index is 11.8. The molecule has 1 heterocycles. The second kappa shape index (κ2) is 5.72. The number of hydrogen-bond acceptors (Lipinski definition) is 4. The van der Waals surface area contributed by atoms with Crippen LogP contribution in [-0.4, -0.2) is 22.1 Å². The van der Waals surface area contributed by atoms with E-state index in [2.05, 4.69) is 15.5 Å². The van der Waals surface area contributed by atoms with Gasteiger partial charge >= 0.3 is 0 Å². The van der Waals surface area contributed by atoms with Crippen molar-refractivity contribution in [3.63, 3.8) is 0 Å². The Balaban J connectivity index is 1.47. The standard InChI is InChI=1S/C14H21N3O2/c18-13(15-11-6-1-2-7-11)9-12-16-14(19-17-12)8-10-4-3-5-10/h10-11H,1-9H2,(H,15,18). The van der Waals surface area contributed by atoms with Crippen molar-refractivity contribution in [3.8, 4) is 0 Å². The number of carbonyl (C=O) groups excluding carboxylic acids is 1. The molecule has 19 heavy (non-hydrogen) atoms. The van der Waals surface area contributed by atoms with Crippen LogP contribution in [0.1, 0.15) is 56.7 Å². The molecule has 0 aliphatic heterocycles. The molecule has 0 spiro atoms. The summed E-state index contributed by atoms with van der Waals surface area (Å²) in [6, 6.07) is 0.355. The van der Waals surface area contributed by atoms with Gasteiger partial charge in [0.2, 0.25) is 11.8 Å². The van der Waals surface area contributed by atoms with Gasteiger partial charge in [0.25, 0.3) is 0 Å². The van der Waals surface area contributed by atoms with Crippen LogP contribution >= 0.6 is 0 Å². The number of nitrogens with zero attached hydrogens (tertiary/aromatic N) is 2. The molecule has 1 N–H and O–H groups in total. The number of aromatic nitrogens is 2. The predicted molar refractivity (Wildman–Crippen MR) is 69.4 cm³/mol. The first kappa shape index (κ1) is 12.6. The molecular formula is C14H21N3O2. The summed E-state index contributed by atoms with van der Waals surface area (Å²) in [6.07, 6.45) is 9.60. The average molecular weight is 263 g/mol. The summed E-state index contributed by atoms with van der Waals surface area (Å²) in [7, 11) is 0. The maximum atomic E-state index is 11.8. The predicted octanol–water partition coefficient (Wildman–Crippen LogP) is 2.01. The van der Waals surface area contributed by atoms with Gasteiger partial charge < -0.3 is 9.84 Å². The van der Waals surface area contributed by atoms with Crippen molar-refractivity contribution in [2.75, 3.05) is 0 Å². The molecule has 0 bridgehead atoms. The van der Waals surface area contributed by atoms with Crippen LogP contribution < -0.4 is 5.32 Å². The summed E-state index contributed by atoms with van der Waals surface area (Å²) < 4.78 is 5.20. The van der Waals surface area contributed by atoms with Gasteiger partial charge in [-0.3, -0.25) is 4.79 Å². The van der Waals surface area contributed by atoms with E-state index in [0.717, 1.165) is 19.3 Å². The zero-order valence-corrected chi connectivity index (χ0v) is 11.2. The molecule has 3 rings (SSSR count). The van der Waals surface area contributed by atoms with Crippen LogP contribution in [0.25, 0.3) is 0 Å². The fraction of sp³-hybridized carbons (Fsp3) is 0.786. The molecule has 2 saturated carbocycles. The van der Waals surface area contributed by atoms with Crippen molar-refractivity contribution in [2.24, 2.45) is 5.92 Å². The minimum Gasteiger partial charge on any atom is -0.353 e. The Bertz CT molecular complexity index is 434. The van der Waals surface area contributed by atoms with E-state index in [4.69, 9.17) is 4.52 Å². The van der Waals surface area contributed by atoms with E-state index in [1.807, 2.05) is 0 Å². The molecule has 2 aliphatic rings. The maximum Gasteiger partial charge on any atom is 0.228 e. The van der Waals surface area contributed by atoms with Crippen LogP contribution in [0.3, 0.4) is 0 Å². The molecule has 1 aromatic heterocycles. The molecule has 0 atom stereocenters. The molecule has 104 valence electrons. The van der Waals surface area contributed by atoms with Gasteiger partial charge in [-0.2, -0.15) is 4.98 Å². The van der Waals surface area contributed by atoms with Crippen molar-refractivity contribution in [2.45, 2.75) is 63.8 Å². The largest absolute Gasteiger partial charge is 0.353 e. The van der Waals surface area contributed by atoms with E-state index in [0.29, 0.717) is 23.7 Å². The van der Waals surface area contributed by atoms with Gasteiger partial charge in [0.05, 0.1) is 6.42 Å². The third kappa shape index (κ3) is 3.33. The Morgan fingerprint density at radius 1 is 1.21 bits per heavy atom. The van der Waals surface area contributed by atoms with Gasteiger partial charge in [0, 0.05) is 12.5 Å². The lowest BCUT2D eigenvalue weighted by molar-refractivity contribution is -0.121. The minimum absolute atomic E-state index is 0.0166. The molecular weight excluding hydrogens is 242 g/mol. The Kier molecular flexibility index (Phi) is 3.80. The molecule has 0 saturated heterocycles. The van der Waals surface area contributed by atoms with Gasteiger partial charge in [-0.05, 0) is 31.6 Å². The van der Waals surface area contributed by atoms with Crippen LogP contribution in [0.2, 0.25) is 0 Å². The second-order valence-electron chi connectivity index (χ2n) is 5.83. The highest BCUT2D eigenvalue weighted by atomic mass is 16.5. The Morgan fingerprint density at radius 2 is 2.00 bits per heavy atom. The van der Waals surface area contributed by atoms with Crippen molar-refractivity contribution < 1.29 is 9.32 Å². The number of nitrogens with one attached hydrogen (secondary N) is 1. The van der Waals surface area contributed by atoms with Gasteiger partial charge in [0.1, 0.15) is 0 Å². The second-order valence-corrected chi connectivity index (χ2v) is 5.83. The van der Waals surface area contributed by atoms with Gasteiger partial charge in [-0.1, -0.05) is 24.4 Å². The topological polar surface area (TPSA) is 68.0 Å². The SMILES string of the molecule is O=C(Cc1noc(CC2CCC2)n1)NC1CCCC1. The highest BCUT2D eigenvalue weighted by molar-refractivity contribution is 5.78. The molecule has 0 aromatic carbocycles. The first-order valence-electron chi connectivity index (χ1n) is 7.40. The molecule has 0 unspecified atom stereocenters. The quantitative estimate of drug-likeness (QED) is 0.882. The molecule has 1 amide bonds. The number of rotatable bonds is 5. The highest BCUT2D eigenvalue weighted by Crippen LogP contribution is 2.29. The first-order valence-corrected chi connectivity index (χ1v) is 7.40. The molecule has 0 radical (unpaired) electrons. The minimum atomic E-state index is 0.0166. The first-order chi connectivity index (χ1) is 9.29. The molecule has 1 aromatic rings. The summed E-state index contributed by atoms with van der Waals surface area (Å²) in [5.74, 6) is 1.93. The molecule has 2 fully saturated rings. The van der Waals surface area contributed by atoms with E-state index >= 15 is 0 Å². The smallest absolute Gasteiger partial charge is 0.228 e. The van der Waals surface area contributed by atoms with Gasteiger partial charge in [-0.25, -0.2) is 0 Å². The van der Waals surface area contributed by atoms with Crippen LogP contribution in [0.15, 0.2) is 4.52 Å². The van der Waals surface area contributed by atoms with Crippen molar-refractivity contribution in [3.05, 3.63) is 11.7 Å². The van der Waals surface area contributed by atoms with Gasteiger partial charge in [-0.15, -0.1) is 0 Å². The Labute approximate surface area is 113 Å². The van der Waals surface area contributed by atoms with Crippen LogP contribution in [0.4, 0.5) is 0 Å². The lowest BCUT2D eigenvalue weighted by Gasteiger charge is -2.23. The lowest BCUT2D eigenvalue weighted by atomic mass is 9.83. The Morgan fingerprint density at radius 3 is 2.68 bits per heavy atom. The normalized spacial score (nSPS) is 20.4. The van der Waals surface area contributed by atoms with Crippen molar-refractivity contribution in [1.29, 1.82) is 0 Å². The van der Waals surface area contributed by atoms with E-state index < -0.39 is 0 Å². The number of carbonyl (C=O) groups is 1. The van der Waals surface area contributed by atoms with Gasteiger partial charge in [0.15, 0.2) is 5.82 Å². The summed E-state index contributed by atoms with van der Waals surface area (Å²) in [6.45, 7) is 0. The van der Waals surface area contributed by atoms with Crippen LogP contribution in [0.5, 0.6) is 0 Å². The summed E-state index contributed by atoms with van der Waals surface area (Å²) in [5, 5.41) is 6.93. The fourth-order valence-corrected chi connectivity index (χ4v) is 2.88. The third-order valence-electron chi connectivity index (χ3n) is 4.24. The number of amides is 1. The summed E-state index contributed by atoms with van der Waals surface area (Å²) in [5.41, 5.74) is 0.